The van der Waals surface area contributed by atoms with E-state index in [0.717, 1.165) is 11.1 Å². The Balaban J connectivity index is 1.98. The van der Waals surface area contributed by atoms with Crippen LogP contribution in [-0.4, -0.2) is 21.9 Å². The lowest BCUT2D eigenvalue weighted by Crippen LogP contribution is -2.30. The number of fused-ring (bicyclic) bond motifs is 1. The Morgan fingerprint density at radius 2 is 2.00 bits per heavy atom. The van der Waals surface area contributed by atoms with Crippen molar-refractivity contribution in [2.75, 3.05) is 0 Å². The van der Waals surface area contributed by atoms with Crippen LogP contribution in [0.3, 0.4) is 0 Å². The fourth-order valence-corrected chi connectivity index (χ4v) is 3.01. The summed E-state index contributed by atoms with van der Waals surface area (Å²) in [6.07, 6.45) is -0.153. The maximum Gasteiger partial charge on any atom is 0.305 e. The van der Waals surface area contributed by atoms with Gasteiger partial charge in [0.25, 0.3) is 5.91 Å². The first-order chi connectivity index (χ1) is 10.6. The third kappa shape index (κ3) is 2.70. The third-order valence-electron chi connectivity index (χ3n) is 3.83. The first-order valence-electron chi connectivity index (χ1n) is 6.92. The second-order valence-electron chi connectivity index (χ2n) is 5.26. The maximum absolute atomic E-state index is 12.6. The van der Waals surface area contributed by atoms with Crippen LogP contribution in [0.25, 0.3) is 0 Å². The molecule has 0 unspecified atom stereocenters. The average Bonchev–Trinajstić information content (AvgIpc) is 2.82. The molecule has 1 N–H and O–H groups in total. The number of halogens is 1. The molecule has 2 aromatic rings. The van der Waals surface area contributed by atoms with Gasteiger partial charge in [-0.1, -0.05) is 41.9 Å². The van der Waals surface area contributed by atoms with E-state index in [0.29, 0.717) is 17.1 Å². The van der Waals surface area contributed by atoms with Gasteiger partial charge in [0.2, 0.25) is 0 Å². The lowest BCUT2D eigenvalue weighted by atomic mass is 10.0. The zero-order valence-electron chi connectivity index (χ0n) is 11.7. The van der Waals surface area contributed by atoms with Crippen molar-refractivity contribution in [3.63, 3.8) is 0 Å². The number of nitrogens with zero attached hydrogens (tertiary/aromatic N) is 1. The standard InChI is InChI=1S/C17H14ClNO3/c18-13-6-3-5-11(8-13)15(9-16(20)21)19-10-12-4-1-2-7-14(12)17(19)22/h1-8,15H,9-10H2,(H,20,21)/t15-/m0/s1. The van der Waals surface area contributed by atoms with Crippen LogP contribution in [0.5, 0.6) is 0 Å². The molecule has 0 aromatic heterocycles. The van der Waals surface area contributed by atoms with Gasteiger partial charge < -0.3 is 10.0 Å². The van der Waals surface area contributed by atoms with Crippen LogP contribution in [0.4, 0.5) is 0 Å². The minimum absolute atomic E-state index is 0.137. The van der Waals surface area contributed by atoms with Crippen molar-refractivity contribution in [3.8, 4) is 0 Å². The molecular weight excluding hydrogens is 302 g/mol. The second kappa shape index (κ2) is 5.81. The van der Waals surface area contributed by atoms with Crippen LogP contribution in [0.2, 0.25) is 5.02 Å². The molecule has 112 valence electrons. The van der Waals surface area contributed by atoms with E-state index in [9.17, 15) is 14.7 Å². The Labute approximate surface area is 132 Å². The molecule has 1 atom stereocenters. The largest absolute Gasteiger partial charge is 0.481 e. The van der Waals surface area contributed by atoms with Crippen molar-refractivity contribution in [1.29, 1.82) is 0 Å². The average molecular weight is 316 g/mol. The van der Waals surface area contributed by atoms with Crippen LogP contribution in [0, 0.1) is 0 Å². The molecule has 1 heterocycles. The smallest absolute Gasteiger partial charge is 0.305 e. The van der Waals surface area contributed by atoms with E-state index in [-0.39, 0.29) is 12.3 Å². The lowest BCUT2D eigenvalue weighted by Gasteiger charge is -2.27. The monoisotopic (exact) mass is 315 g/mol. The van der Waals surface area contributed by atoms with Gasteiger partial charge in [0.1, 0.15) is 0 Å². The van der Waals surface area contributed by atoms with E-state index in [4.69, 9.17) is 11.6 Å². The molecule has 0 bridgehead atoms. The normalized spacial score (nSPS) is 14.8. The van der Waals surface area contributed by atoms with Crippen LogP contribution < -0.4 is 0 Å². The number of benzene rings is 2. The van der Waals surface area contributed by atoms with Gasteiger partial charge in [0, 0.05) is 17.1 Å². The first kappa shape index (κ1) is 14.6. The summed E-state index contributed by atoms with van der Waals surface area (Å²) < 4.78 is 0. The minimum atomic E-state index is -0.950. The Morgan fingerprint density at radius 3 is 2.68 bits per heavy atom. The van der Waals surface area contributed by atoms with Gasteiger partial charge in [-0.25, -0.2) is 0 Å². The van der Waals surface area contributed by atoms with Gasteiger partial charge in [-0.15, -0.1) is 0 Å². The number of carboxylic acid groups (broad SMARTS) is 1. The highest BCUT2D eigenvalue weighted by Gasteiger charge is 2.34. The maximum atomic E-state index is 12.6. The number of carboxylic acids is 1. The number of carbonyl (C=O) groups is 2. The number of rotatable bonds is 4. The van der Waals surface area contributed by atoms with E-state index < -0.39 is 12.0 Å². The molecule has 2 aromatic carbocycles. The van der Waals surface area contributed by atoms with Crippen molar-refractivity contribution < 1.29 is 14.7 Å². The van der Waals surface area contributed by atoms with Gasteiger partial charge in [0.05, 0.1) is 12.5 Å². The first-order valence-corrected chi connectivity index (χ1v) is 7.30. The summed E-state index contributed by atoms with van der Waals surface area (Å²) >= 11 is 6.01. The Kier molecular flexibility index (Phi) is 3.86. The Morgan fingerprint density at radius 1 is 1.23 bits per heavy atom. The molecule has 1 amide bonds. The molecule has 4 nitrogen and oxygen atoms in total. The van der Waals surface area contributed by atoms with E-state index in [1.165, 1.54) is 0 Å². The van der Waals surface area contributed by atoms with Crippen molar-refractivity contribution in [1.82, 2.24) is 4.90 Å². The van der Waals surface area contributed by atoms with E-state index in [2.05, 4.69) is 0 Å². The topological polar surface area (TPSA) is 57.6 Å². The molecule has 0 saturated carbocycles. The minimum Gasteiger partial charge on any atom is -0.481 e. The fraction of sp³-hybridized carbons (Fsp3) is 0.176. The summed E-state index contributed by atoms with van der Waals surface area (Å²) in [5, 5.41) is 9.73. The summed E-state index contributed by atoms with van der Waals surface area (Å²) in [6.45, 7) is 0.416. The van der Waals surface area contributed by atoms with Gasteiger partial charge >= 0.3 is 5.97 Å². The number of hydrogen-bond donors (Lipinski definition) is 1. The van der Waals surface area contributed by atoms with Crippen LogP contribution >= 0.6 is 11.6 Å². The Bertz CT molecular complexity index is 744. The molecular formula is C17H14ClNO3. The van der Waals surface area contributed by atoms with E-state index in [1.54, 1.807) is 35.2 Å². The summed E-state index contributed by atoms with van der Waals surface area (Å²) in [5.74, 6) is -1.09. The van der Waals surface area contributed by atoms with Gasteiger partial charge in [0.15, 0.2) is 0 Å². The fourth-order valence-electron chi connectivity index (χ4n) is 2.82. The van der Waals surface area contributed by atoms with Gasteiger partial charge in [-0.3, -0.25) is 9.59 Å². The molecule has 1 aliphatic heterocycles. The molecule has 3 rings (SSSR count). The highest BCUT2D eigenvalue weighted by molar-refractivity contribution is 6.30. The molecule has 0 spiro atoms. The highest BCUT2D eigenvalue weighted by atomic mass is 35.5. The summed E-state index contributed by atoms with van der Waals surface area (Å²) in [7, 11) is 0. The number of amides is 1. The van der Waals surface area contributed by atoms with Gasteiger partial charge in [-0.2, -0.15) is 0 Å². The third-order valence-corrected chi connectivity index (χ3v) is 4.06. The van der Waals surface area contributed by atoms with Crippen molar-refractivity contribution >= 4 is 23.5 Å². The zero-order valence-corrected chi connectivity index (χ0v) is 12.5. The summed E-state index contributed by atoms with van der Waals surface area (Å²) in [5.41, 5.74) is 2.29. The van der Waals surface area contributed by atoms with E-state index >= 15 is 0 Å². The highest BCUT2D eigenvalue weighted by Crippen LogP contribution is 2.34. The number of carbonyl (C=O) groups excluding carboxylic acids is 1. The van der Waals surface area contributed by atoms with Crippen LogP contribution in [0.1, 0.15) is 33.9 Å². The van der Waals surface area contributed by atoms with Crippen LogP contribution in [0.15, 0.2) is 48.5 Å². The molecule has 0 radical (unpaired) electrons. The molecule has 0 saturated heterocycles. The van der Waals surface area contributed by atoms with Crippen molar-refractivity contribution in [3.05, 3.63) is 70.2 Å². The van der Waals surface area contributed by atoms with E-state index in [1.807, 2.05) is 18.2 Å². The lowest BCUT2D eigenvalue weighted by molar-refractivity contribution is -0.138. The predicted molar refractivity (Wildman–Crippen MR) is 82.8 cm³/mol. The van der Waals surface area contributed by atoms with Crippen LogP contribution in [-0.2, 0) is 11.3 Å². The molecule has 22 heavy (non-hydrogen) atoms. The molecule has 0 aliphatic carbocycles. The van der Waals surface area contributed by atoms with Gasteiger partial charge in [-0.05, 0) is 29.3 Å². The zero-order chi connectivity index (χ0) is 15.7. The second-order valence-corrected chi connectivity index (χ2v) is 5.70. The predicted octanol–water partition coefficient (Wildman–Crippen LogP) is 3.51. The van der Waals surface area contributed by atoms with Crippen molar-refractivity contribution in [2.45, 2.75) is 19.0 Å². The quantitative estimate of drug-likeness (QED) is 0.939. The van der Waals surface area contributed by atoms with Crippen molar-refractivity contribution in [2.24, 2.45) is 0 Å². The molecule has 5 heteroatoms. The summed E-state index contributed by atoms with van der Waals surface area (Å²) in [6, 6.07) is 13.8. The number of aliphatic carboxylic acids is 1. The number of hydrogen-bond acceptors (Lipinski definition) is 2. The SMILES string of the molecule is O=C(O)C[C@@H](c1cccc(Cl)c1)N1Cc2ccccc2C1=O. The molecule has 1 aliphatic rings. The molecule has 0 fully saturated rings. The summed E-state index contributed by atoms with van der Waals surface area (Å²) in [4.78, 5) is 25.4. The Hall–Kier alpha value is -2.33.